The summed E-state index contributed by atoms with van der Waals surface area (Å²) in [5.41, 5.74) is 1.25. The highest BCUT2D eigenvalue weighted by atomic mass is 16.5. The molecular formula is C12H21N3O. The van der Waals surface area contributed by atoms with Gasteiger partial charge in [0.25, 0.3) is 0 Å². The SMILES string of the molecule is CCn1cncc1CNCC1CCCCO1. The second kappa shape index (κ2) is 6.01. The van der Waals surface area contributed by atoms with Crippen LogP contribution in [0.25, 0.3) is 0 Å². The Morgan fingerprint density at radius 2 is 2.50 bits per heavy atom. The summed E-state index contributed by atoms with van der Waals surface area (Å²) in [6, 6.07) is 0. The van der Waals surface area contributed by atoms with Crippen molar-refractivity contribution < 1.29 is 4.74 Å². The predicted molar refractivity (Wildman–Crippen MR) is 63.2 cm³/mol. The van der Waals surface area contributed by atoms with Crippen molar-refractivity contribution in [2.24, 2.45) is 0 Å². The highest BCUT2D eigenvalue weighted by molar-refractivity contribution is 4.97. The zero-order chi connectivity index (χ0) is 11.2. The Kier molecular flexibility index (Phi) is 4.36. The Balaban J connectivity index is 1.71. The van der Waals surface area contributed by atoms with Gasteiger partial charge in [0.05, 0.1) is 18.1 Å². The summed E-state index contributed by atoms with van der Waals surface area (Å²) in [7, 11) is 0. The van der Waals surface area contributed by atoms with E-state index in [9.17, 15) is 0 Å². The topological polar surface area (TPSA) is 39.1 Å². The van der Waals surface area contributed by atoms with Crippen LogP contribution in [0.15, 0.2) is 12.5 Å². The molecular weight excluding hydrogens is 202 g/mol. The Morgan fingerprint density at radius 1 is 1.56 bits per heavy atom. The standard InChI is InChI=1S/C12H21N3O/c1-2-15-10-14-8-11(15)7-13-9-12-5-3-4-6-16-12/h8,10,12-13H,2-7,9H2,1H3. The van der Waals surface area contributed by atoms with E-state index in [1.54, 1.807) is 0 Å². The number of imidazole rings is 1. The van der Waals surface area contributed by atoms with Crippen molar-refractivity contribution >= 4 is 0 Å². The molecule has 0 radical (unpaired) electrons. The van der Waals surface area contributed by atoms with Crippen LogP contribution in [0, 0.1) is 0 Å². The van der Waals surface area contributed by atoms with Gasteiger partial charge in [-0.25, -0.2) is 4.98 Å². The van der Waals surface area contributed by atoms with Crippen molar-refractivity contribution in [3.05, 3.63) is 18.2 Å². The summed E-state index contributed by atoms with van der Waals surface area (Å²) in [5.74, 6) is 0. The molecule has 1 saturated heterocycles. The van der Waals surface area contributed by atoms with Gasteiger partial charge in [0.1, 0.15) is 0 Å². The monoisotopic (exact) mass is 223 g/mol. The van der Waals surface area contributed by atoms with Crippen molar-refractivity contribution in [2.45, 2.75) is 45.4 Å². The molecule has 0 aromatic carbocycles. The minimum Gasteiger partial charge on any atom is -0.377 e. The fourth-order valence-corrected chi connectivity index (χ4v) is 2.11. The zero-order valence-corrected chi connectivity index (χ0v) is 9.98. The molecule has 4 heteroatoms. The summed E-state index contributed by atoms with van der Waals surface area (Å²) in [6.07, 6.45) is 7.94. The first-order valence-electron chi connectivity index (χ1n) is 6.21. The summed E-state index contributed by atoms with van der Waals surface area (Å²) in [4.78, 5) is 4.15. The van der Waals surface area contributed by atoms with Crippen LogP contribution in [0.2, 0.25) is 0 Å². The van der Waals surface area contributed by atoms with E-state index in [1.165, 1.54) is 25.0 Å². The van der Waals surface area contributed by atoms with Crippen LogP contribution in [0.4, 0.5) is 0 Å². The van der Waals surface area contributed by atoms with E-state index in [1.807, 2.05) is 12.5 Å². The lowest BCUT2D eigenvalue weighted by Gasteiger charge is -2.22. The van der Waals surface area contributed by atoms with Crippen LogP contribution < -0.4 is 5.32 Å². The first kappa shape index (κ1) is 11.6. The van der Waals surface area contributed by atoms with Gasteiger partial charge in [0.15, 0.2) is 0 Å². The molecule has 1 N–H and O–H groups in total. The first-order valence-corrected chi connectivity index (χ1v) is 6.21. The number of aryl methyl sites for hydroxylation is 1. The number of hydrogen-bond acceptors (Lipinski definition) is 3. The number of rotatable bonds is 5. The summed E-state index contributed by atoms with van der Waals surface area (Å²) in [5, 5.41) is 3.45. The molecule has 90 valence electrons. The van der Waals surface area contributed by atoms with E-state index in [2.05, 4.69) is 21.8 Å². The lowest BCUT2D eigenvalue weighted by Crippen LogP contribution is -2.31. The van der Waals surface area contributed by atoms with Crippen LogP contribution in [0.3, 0.4) is 0 Å². The van der Waals surface area contributed by atoms with Gasteiger partial charge < -0.3 is 14.6 Å². The first-order chi connectivity index (χ1) is 7.90. The van der Waals surface area contributed by atoms with E-state index in [4.69, 9.17) is 4.74 Å². The van der Waals surface area contributed by atoms with E-state index in [0.717, 1.165) is 26.2 Å². The third-order valence-corrected chi connectivity index (χ3v) is 3.09. The summed E-state index contributed by atoms with van der Waals surface area (Å²) < 4.78 is 7.83. The number of nitrogens with zero attached hydrogens (tertiary/aromatic N) is 2. The van der Waals surface area contributed by atoms with Gasteiger partial charge >= 0.3 is 0 Å². The van der Waals surface area contributed by atoms with E-state index in [-0.39, 0.29) is 0 Å². The Bertz CT molecular complexity index is 305. The maximum absolute atomic E-state index is 5.67. The maximum Gasteiger partial charge on any atom is 0.0948 e. The molecule has 1 atom stereocenters. The van der Waals surface area contributed by atoms with Crippen LogP contribution in [-0.2, 0) is 17.8 Å². The molecule has 1 aromatic rings. The number of ether oxygens (including phenoxy) is 1. The molecule has 1 fully saturated rings. The zero-order valence-electron chi connectivity index (χ0n) is 9.98. The van der Waals surface area contributed by atoms with Gasteiger partial charge in [0.2, 0.25) is 0 Å². The van der Waals surface area contributed by atoms with Gasteiger partial charge in [-0.3, -0.25) is 0 Å². The molecule has 2 rings (SSSR count). The summed E-state index contributed by atoms with van der Waals surface area (Å²) >= 11 is 0. The molecule has 1 aliphatic heterocycles. The van der Waals surface area contributed by atoms with Crippen molar-refractivity contribution in [1.29, 1.82) is 0 Å². The van der Waals surface area contributed by atoms with Gasteiger partial charge in [-0.15, -0.1) is 0 Å². The quantitative estimate of drug-likeness (QED) is 0.823. The van der Waals surface area contributed by atoms with Gasteiger partial charge in [-0.1, -0.05) is 0 Å². The molecule has 16 heavy (non-hydrogen) atoms. The Hall–Kier alpha value is -0.870. The minimum atomic E-state index is 0.409. The Labute approximate surface area is 97.0 Å². The molecule has 0 saturated carbocycles. The lowest BCUT2D eigenvalue weighted by atomic mass is 10.1. The third-order valence-electron chi connectivity index (χ3n) is 3.09. The highest BCUT2D eigenvalue weighted by Gasteiger charge is 2.13. The normalized spacial score (nSPS) is 21.2. The van der Waals surface area contributed by atoms with Crippen LogP contribution in [0.1, 0.15) is 31.9 Å². The summed E-state index contributed by atoms with van der Waals surface area (Å²) in [6.45, 7) is 5.88. The molecule has 1 aliphatic rings. The van der Waals surface area contributed by atoms with Crippen molar-refractivity contribution in [1.82, 2.24) is 14.9 Å². The molecule has 0 bridgehead atoms. The van der Waals surface area contributed by atoms with Crippen LogP contribution in [0.5, 0.6) is 0 Å². The maximum atomic E-state index is 5.67. The molecule has 2 heterocycles. The molecule has 0 aliphatic carbocycles. The van der Waals surface area contributed by atoms with Gasteiger partial charge in [-0.2, -0.15) is 0 Å². The highest BCUT2D eigenvalue weighted by Crippen LogP contribution is 2.11. The fraction of sp³-hybridized carbons (Fsp3) is 0.750. The predicted octanol–water partition coefficient (Wildman–Crippen LogP) is 1.56. The second-order valence-corrected chi connectivity index (χ2v) is 4.29. The smallest absolute Gasteiger partial charge is 0.0948 e. The van der Waals surface area contributed by atoms with Crippen LogP contribution in [-0.4, -0.2) is 28.8 Å². The van der Waals surface area contributed by atoms with E-state index in [0.29, 0.717) is 6.10 Å². The van der Waals surface area contributed by atoms with E-state index < -0.39 is 0 Å². The molecule has 1 unspecified atom stereocenters. The fourth-order valence-electron chi connectivity index (χ4n) is 2.11. The van der Waals surface area contributed by atoms with Crippen molar-refractivity contribution in [2.75, 3.05) is 13.2 Å². The van der Waals surface area contributed by atoms with Gasteiger partial charge in [0, 0.05) is 32.4 Å². The molecule has 0 amide bonds. The lowest BCUT2D eigenvalue weighted by molar-refractivity contribution is 0.0167. The average Bonchev–Trinajstić information content (AvgIpc) is 2.78. The van der Waals surface area contributed by atoms with E-state index >= 15 is 0 Å². The number of hydrogen-bond donors (Lipinski definition) is 1. The average molecular weight is 223 g/mol. The molecule has 4 nitrogen and oxygen atoms in total. The second-order valence-electron chi connectivity index (χ2n) is 4.29. The van der Waals surface area contributed by atoms with Crippen LogP contribution >= 0.6 is 0 Å². The van der Waals surface area contributed by atoms with Crippen molar-refractivity contribution in [3.8, 4) is 0 Å². The third kappa shape index (κ3) is 3.06. The number of aromatic nitrogens is 2. The minimum absolute atomic E-state index is 0.409. The van der Waals surface area contributed by atoms with Crippen molar-refractivity contribution in [3.63, 3.8) is 0 Å². The van der Waals surface area contributed by atoms with Gasteiger partial charge in [-0.05, 0) is 26.2 Å². The number of nitrogens with one attached hydrogen (secondary N) is 1. The largest absolute Gasteiger partial charge is 0.377 e. The Morgan fingerprint density at radius 3 is 3.25 bits per heavy atom. The molecule has 0 spiro atoms. The molecule has 1 aromatic heterocycles.